The average molecular weight is 397 g/mol. The van der Waals surface area contributed by atoms with E-state index < -0.39 is 0 Å². The van der Waals surface area contributed by atoms with E-state index in [4.69, 9.17) is 16.3 Å². The average Bonchev–Trinajstić information content (AvgIpc) is 3.01. The lowest BCUT2D eigenvalue weighted by Gasteiger charge is -2.31. The Kier molecular flexibility index (Phi) is 9.16. The molecule has 2 saturated heterocycles. The van der Waals surface area contributed by atoms with Gasteiger partial charge in [0.25, 0.3) is 0 Å². The fourth-order valence-electron chi connectivity index (χ4n) is 3.08. The summed E-state index contributed by atoms with van der Waals surface area (Å²) < 4.78 is 5.39. The summed E-state index contributed by atoms with van der Waals surface area (Å²) in [6.07, 6.45) is 2.72. The van der Waals surface area contributed by atoms with Crippen molar-refractivity contribution in [3.05, 3.63) is 23.2 Å². The molecule has 2 aliphatic heterocycles. The minimum atomic E-state index is 0. The molecule has 24 heavy (non-hydrogen) atoms. The Morgan fingerprint density at radius 3 is 2.75 bits per heavy atom. The second-order valence-corrected chi connectivity index (χ2v) is 6.19. The normalized spacial score (nSPS) is 20.0. The highest BCUT2D eigenvalue weighted by Gasteiger charge is 2.21. The third-order valence-corrected chi connectivity index (χ3v) is 4.49. The highest BCUT2D eigenvalue weighted by Crippen LogP contribution is 2.34. The molecule has 0 radical (unpaired) electrons. The van der Waals surface area contributed by atoms with Crippen LogP contribution in [0.3, 0.4) is 0 Å². The number of benzene rings is 1. The van der Waals surface area contributed by atoms with Gasteiger partial charge in [0, 0.05) is 25.6 Å². The van der Waals surface area contributed by atoms with Gasteiger partial charge in [-0.15, -0.1) is 24.8 Å². The lowest BCUT2D eigenvalue weighted by Crippen LogP contribution is -2.37. The number of rotatable bonds is 4. The van der Waals surface area contributed by atoms with E-state index in [1.165, 1.54) is 0 Å². The molecule has 0 spiro atoms. The maximum atomic E-state index is 12.3. The van der Waals surface area contributed by atoms with Crippen LogP contribution in [-0.2, 0) is 9.53 Å². The Bertz CT molecular complexity index is 533. The van der Waals surface area contributed by atoms with E-state index in [1.807, 2.05) is 18.2 Å². The Balaban J connectivity index is 0.00000144. The smallest absolute Gasteiger partial charge is 0.225 e. The van der Waals surface area contributed by atoms with Crippen molar-refractivity contribution in [2.45, 2.75) is 25.3 Å². The predicted molar refractivity (Wildman–Crippen MR) is 103 cm³/mol. The fraction of sp³-hybridized carbons (Fsp3) is 0.562. The quantitative estimate of drug-likeness (QED) is 0.821. The van der Waals surface area contributed by atoms with E-state index in [9.17, 15) is 4.79 Å². The molecule has 5 nitrogen and oxygen atoms in total. The number of morpholine rings is 1. The summed E-state index contributed by atoms with van der Waals surface area (Å²) in [5.74, 6) is 0.0381. The number of carbonyl (C=O) groups excluding carboxylic acids is 1. The SMILES string of the molecule is Cl.Cl.O=C(CC1CCCN1)Nc1cccc(Cl)c1N1CCOCC1. The molecular formula is C16H24Cl3N3O2. The van der Waals surface area contributed by atoms with Gasteiger partial charge in [0.2, 0.25) is 5.91 Å². The molecule has 136 valence electrons. The second-order valence-electron chi connectivity index (χ2n) is 5.78. The Morgan fingerprint density at radius 2 is 2.08 bits per heavy atom. The van der Waals surface area contributed by atoms with Crippen LogP contribution in [0.5, 0.6) is 0 Å². The summed E-state index contributed by atoms with van der Waals surface area (Å²) >= 11 is 6.37. The maximum Gasteiger partial charge on any atom is 0.225 e. The van der Waals surface area contributed by atoms with E-state index in [-0.39, 0.29) is 30.7 Å². The van der Waals surface area contributed by atoms with Gasteiger partial charge in [-0.05, 0) is 31.5 Å². The maximum absolute atomic E-state index is 12.3. The summed E-state index contributed by atoms with van der Waals surface area (Å²) in [5.41, 5.74) is 1.69. The Labute approximate surface area is 160 Å². The lowest BCUT2D eigenvalue weighted by molar-refractivity contribution is -0.116. The fourth-order valence-corrected chi connectivity index (χ4v) is 3.37. The summed E-state index contributed by atoms with van der Waals surface area (Å²) in [7, 11) is 0. The lowest BCUT2D eigenvalue weighted by atomic mass is 10.1. The Morgan fingerprint density at radius 1 is 1.33 bits per heavy atom. The molecule has 2 N–H and O–H groups in total. The summed E-state index contributed by atoms with van der Waals surface area (Å²) in [6.45, 7) is 3.96. The highest BCUT2D eigenvalue weighted by atomic mass is 35.5. The van der Waals surface area contributed by atoms with Gasteiger partial charge < -0.3 is 20.3 Å². The second kappa shape index (κ2) is 10.3. The molecule has 1 amide bonds. The van der Waals surface area contributed by atoms with Crippen molar-refractivity contribution in [2.24, 2.45) is 0 Å². The highest BCUT2D eigenvalue weighted by molar-refractivity contribution is 6.34. The predicted octanol–water partition coefficient (Wildman–Crippen LogP) is 3.10. The number of amides is 1. The van der Waals surface area contributed by atoms with Gasteiger partial charge in [0.1, 0.15) is 0 Å². The molecule has 2 heterocycles. The minimum Gasteiger partial charge on any atom is -0.378 e. The molecule has 2 aliphatic rings. The van der Waals surface area contributed by atoms with Crippen molar-refractivity contribution in [2.75, 3.05) is 43.1 Å². The topological polar surface area (TPSA) is 53.6 Å². The summed E-state index contributed by atoms with van der Waals surface area (Å²) in [5, 5.41) is 7.04. The van der Waals surface area contributed by atoms with Crippen molar-refractivity contribution in [1.29, 1.82) is 0 Å². The van der Waals surface area contributed by atoms with E-state index >= 15 is 0 Å². The molecule has 0 aromatic heterocycles. The zero-order valence-electron chi connectivity index (χ0n) is 13.4. The molecule has 0 aliphatic carbocycles. The number of nitrogens with zero attached hydrogens (tertiary/aromatic N) is 1. The first kappa shape index (κ1) is 21.3. The van der Waals surface area contributed by atoms with Crippen molar-refractivity contribution >= 4 is 53.7 Å². The molecule has 1 unspecified atom stereocenters. The number of hydrogen-bond acceptors (Lipinski definition) is 4. The van der Waals surface area contributed by atoms with Gasteiger partial charge in [-0.2, -0.15) is 0 Å². The van der Waals surface area contributed by atoms with Crippen LogP contribution in [0, 0.1) is 0 Å². The molecule has 0 saturated carbocycles. The monoisotopic (exact) mass is 395 g/mol. The number of ether oxygens (including phenoxy) is 1. The van der Waals surface area contributed by atoms with E-state index in [1.54, 1.807) is 0 Å². The Hall–Kier alpha value is -0.720. The van der Waals surface area contributed by atoms with Crippen LogP contribution in [0.25, 0.3) is 0 Å². The van der Waals surface area contributed by atoms with Crippen molar-refractivity contribution < 1.29 is 9.53 Å². The first-order chi connectivity index (χ1) is 10.7. The van der Waals surface area contributed by atoms with Crippen molar-refractivity contribution in [1.82, 2.24) is 5.32 Å². The van der Waals surface area contributed by atoms with Gasteiger partial charge in [-0.25, -0.2) is 0 Å². The standard InChI is InChI=1S/C16H22ClN3O2.2ClH/c17-13-4-1-5-14(16(13)20-7-9-22-10-8-20)19-15(21)11-12-3-2-6-18-12;;/h1,4-5,12,18H,2-3,6-11H2,(H,19,21);2*1H. The summed E-state index contributed by atoms with van der Waals surface area (Å²) in [4.78, 5) is 14.5. The zero-order chi connectivity index (χ0) is 15.4. The van der Waals surface area contributed by atoms with Gasteiger partial charge in [0.05, 0.1) is 29.6 Å². The first-order valence-electron chi connectivity index (χ1n) is 7.88. The van der Waals surface area contributed by atoms with E-state index in [2.05, 4.69) is 15.5 Å². The number of para-hydroxylation sites is 1. The van der Waals surface area contributed by atoms with Gasteiger partial charge >= 0.3 is 0 Å². The van der Waals surface area contributed by atoms with Crippen LogP contribution in [0.2, 0.25) is 5.02 Å². The van der Waals surface area contributed by atoms with Crippen LogP contribution >= 0.6 is 36.4 Å². The zero-order valence-corrected chi connectivity index (χ0v) is 15.8. The first-order valence-corrected chi connectivity index (χ1v) is 8.26. The largest absolute Gasteiger partial charge is 0.378 e. The number of hydrogen-bond donors (Lipinski definition) is 2. The minimum absolute atomic E-state index is 0. The van der Waals surface area contributed by atoms with Crippen LogP contribution in [0.15, 0.2) is 18.2 Å². The van der Waals surface area contributed by atoms with Gasteiger partial charge in [0.15, 0.2) is 0 Å². The van der Waals surface area contributed by atoms with Crippen LogP contribution in [-0.4, -0.2) is 44.8 Å². The summed E-state index contributed by atoms with van der Waals surface area (Å²) in [6, 6.07) is 5.94. The van der Waals surface area contributed by atoms with Gasteiger partial charge in [-0.1, -0.05) is 17.7 Å². The molecule has 3 rings (SSSR count). The van der Waals surface area contributed by atoms with Crippen LogP contribution in [0.4, 0.5) is 11.4 Å². The van der Waals surface area contributed by atoms with E-state index in [0.29, 0.717) is 30.7 Å². The van der Waals surface area contributed by atoms with Crippen molar-refractivity contribution in [3.63, 3.8) is 0 Å². The third kappa shape index (κ3) is 5.39. The van der Waals surface area contributed by atoms with Crippen LogP contribution in [0.1, 0.15) is 19.3 Å². The molecule has 2 fully saturated rings. The molecule has 1 aromatic carbocycles. The third-order valence-electron chi connectivity index (χ3n) is 4.18. The molecule has 1 aromatic rings. The molecular weight excluding hydrogens is 373 g/mol. The number of anilines is 2. The molecule has 0 bridgehead atoms. The van der Waals surface area contributed by atoms with Gasteiger partial charge in [-0.3, -0.25) is 4.79 Å². The van der Waals surface area contributed by atoms with Crippen LogP contribution < -0.4 is 15.5 Å². The molecule has 8 heteroatoms. The van der Waals surface area contributed by atoms with Crippen molar-refractivity contribution in [3.8, 4) is 0 Å². The number of carbonyl (C=O) groups is 1. The number of nitrogens with one attached hydrogen (secondary N) is 2. The molecule has 1 atom stereocenters. The van der Waals surface area contributed by atoms with E-state index in [0.717, 1.165) is 43.9 Å². The number of halogens is 3.